The number of hydrogen-bond donors (Lipinski definition) is 0. The third-order valence-corrected chi connectivity index (χ3v) is 5.67. The Morgan fingerprint density at radius 1 is 1.21 bits per heavy atom. The van der Waals surface area contributed by atoms with Gasteiger partial charge < -0.3 is 0 Å². The second-order valence-electron chi connectivity index (χ2n) is 6.72. The highest BCUT2D eigenvalue weighted by atomic mass is 32.1. The van der Waals surface area contributed by atoms with E-state index in [4.69, 9.17) is 4.98 Å². The van der Waals surface area contributed by atoms with Crippen LogP contribution >= 0.6 is 11.3 Å². The Morgan fingerprint density at radius 3 is 2.86 bits per heavy atom. The maximum absolute atomic E-state index is 11.2. The van der Waals surface area contributed by atoms with Crippen molar-refractivity contribution in [1.29, 1.82) is 0 Å². The Kier molecular flexibility index (Phi) is 3.88. The summed E-state index contributed by atoms with van der Waals surface area (Å²) in [6.07, 6.45) is 1.67. The minimum atomic E-state index is -0.385. The molecule has 5 rings (SSSR count). The third-order valence-electron chi connectivity index (χ3n) is 4.84. The monoisotopic (exact) mass is 405 g/mol. The van der Waals surface area contributed by atoms with Crippen molar-refractivity contribution >= 4 is 32.9 Å². The molecule has 5 aromatic rings. The van der Waals surface area contributed by atoms with Crippen LogP contribution < -0.4 is 0 Å². The number of aromatic nitrogens is 6. The number of rotatable bonds is 4. The van der Waals surface area contributed by atoms with E-state index in [0.717, 1.165) is 27.0 Å². The Bertz CT molecular complexity index is 1400. The maximum atomic E-state index is 11.2. The SMILES string of the molecule is Cc1nn(Cc2cccc(-c3nc4c5ccsc5ncn4n3)c2)c(C)c1[N+](=O)[O-]. The lowest BCUT2D eigenvalue weighted by Gasteiger charge is -2.05. The van der Waals surface area contributed by atoms with Crippen molar-refractivity contribution < 1.29 is 4.92 Å². The molecule has 29 heavy (non-hydrogen) atoms. The summed E-state index contributed by atoms with van der Waals surface area (Å²) in [5.41, 5.74) is 3.61. The van der Waals surface area contributed by atoms with Crippen LogP contribution in [0.4, 0.5) is 5.69 Å². The van der Waals surface area contributed by atoms with Crippen LogP contribution in [0.5, 0.6) is 0 Å². The molecule has 0 saturated carbocycles. The van der Waals surface area contributed by atoms with Gasteiger partial charge in [0, 0.05) is 5.56 Å². The van der Waals surface area contributed by atoms with Gasteiger partial charge in [-0.25, -0.2) is 14.5 Å². The zero-order valence-electron chi connectivity index (χ0n) is 15.6. The van der Waals surface area contributed by atoms with Gasteiger partial charge in [0.15, 0.2) is 11.5 Å². The Balaban J connectivity index is 1.53. The highest BCUT2D eigenvalue weighted by molar-refractivity contribution is 7.16. The molecule has 0 atom stereocenters. The summed E-state index contributed by atoms with van der Waals surface area (Å²) in [4.78, 5) is 20.9. The topological polar surface area (TPSA) is 104 Å². The zero-order chi connectivity index (χ0) is 20.1. The van der Waals surface area contributed by atoms with Gasteiger partial charge in [0.1, 0.15) is 22.5 Å². The van der Waals surface area contributed by atoms with Gasteiger partial charge in [-0.1, -0.05) is 18.2 Å². The van der Waals surface area contributed by atoms with Gasteiger partial charge in [-0.2, -0.15) is 5.10 Å². The van der Waals surface area contributed by atoms with E-state index in [1.54, 1.807) is 40.7 Å². The molecule has 9 nitrogen and oxygen atoms in total. The molecular weight excluding hydrogens is 390 g/mol. The summed E-state index contributed by atoms with van der Waals surface area (Å²) in [5.74, 6) is 0.603. The van der Waals surface area contributed by atoms with Crippen LogP contribution in [0.1, 0.15) is 17.0 Å². The molecule has 0 aliphatic heterocycles. The summed E-state index contributed by atoms with van der Waals surface area (Å²) < 4.78 is 3.34. The van der Waals surface area contributed by atoms with E-state index in [9.17, 15) is 10.1 Å². The van der Waals surface area contributed by atoms with Crippen molar-refractivity contribution in [2.75, 3.05) is 0 Å². The number of benzene rings is 1. The molecular formula is C19H15N7O2S. The van der Waals surface area contributed by atoms with Crippen LogP contribution in [-0.4, -0.2) is 34.3 Å². The first-order valence-electron chi connectivity index (χ1n) is 8.87. The average molecular weight is 405 g/mol. The van der Waals surface area contributed by atoms with Gasteiger partial charge in [-0.3, -0.25) is 14.8 Å². The number of nitrogens with zero attached hydrogens (tertiary/aromatic N) is 7. The summed E-state index contributed by atoms with van der Waals surface area (Å²) in [6, 6.07) is 9.80. The van der Waals surface area contributed by atoms with Gasteiger partial charge >= 0.3 is 5.69 Å². The predicted molar refractivity (Wildman–Crippen MR) is 109 cm³/mol. The van der Waals surface area contributed by atoms with Gasteiger partial charge in [-0.05, 0) is 36.9 Å². The van der Waals surface area contributed by atoms with E-state index in [1.165, 1.54) is 0 Å². The molecule has 0 aliphatic carbocycles. The first-order valence-corrected chi connectivity index (χ1v) is 9.75. The largest absolute Gasteiger partial charge is 0.312 e. The second-order valence-corrected chi connectivity index (χ2v) is 7.62. The molecule has 4 heterocycles. The Morgan fingerprint density at radius 2 is 2.07 bits per heavy atom. The molecule has 0 bridgehead atoms. The van der Waals surface area contributed by atoms with Gasteiger partial charge in [0.05, 0.1) is 16.9 Å². The molecule has 0 spiro atoms. The van der Waals surface area contributed by atoms with Crippen LogP contribution in [0, 0.1) is 24.0 Å². The standard InChI is InChI=1S/C19H15N7O2S/c1-11-16(26(27)28)12(2)24(22-11)9-13-4-3-5-14(8-13)17-21-18-15-6-7-29-19(15)20-10-25(18)23-17/h3-8,10H,9H2,1-2H3. The van der Waals surface area contributed by atoms with Crippen molar-refractivity contribution in [2.45, 2.75) is 20.4 Å². The minimum absolute atomic E-state index is 0.0652. The van der Waals surface area contributed by atoms with Crippen LogP contribution in [0.3, 0.4) is 0 Å². The van der Waals surface area contributed by atoms with Gasteiger partial charge in [0.25, 0.3) is 0 Å². The highest BCUT2D eigenvalue weighted by Crippen LogP contribution is 2.26. The quantitative estimate of drug-likeness (QED) is 0.333. The van der Waals surface area contributed by atoms with Crippen molar-refractivity contribution in [2.24, 2.45) is 0 Å². The average Bonchev–Trinajstić information content (AvgIpc) is 3.39. The molecule has 0 unspecified atom stereocenters. The van der Waals surface area contributed by atoms with Crippen LogP contribution in [0.25, 0.3) is 27.3 Å². The lowest BCUT2D eigenvalue weighted by atomic mass is 10.1. The normalized spacial score (nSPS) is 11.5. The third kappa shape index (κ3) is 2.85. The molecule has 1 aromatic carbocycles. The number of fused-ring (bicyclic) bond motifs is 3. The van der Waals surface area contributed by atoms with E-state index >= 15 is 0 Å². The van der Waals surface area contributed by atoms with E-state index in [-0.39, 0.29) is 10.6 Å². The lowest BCUT2D eigenvalue weighted by molar-refractivity contribution is -0.386. The fraction of sp³-hybridized carbons (Fsp3) is 0.158. The van der Waals surface area contributed by atoms with Crippen LogP contribution in [0.15, 0.2) is 42.0 Å². The van der Waals surface area contributed by atoms with Crippen molar-refractivity contribution in [3.05, 3.63) is 69.1 Å². The van der Waals surface area contributed by atoms with Crippen LogP contribution in [-0.2, 0) is 6.54 Å². The van der Waals surface area contributed by atoms with Crippen molar-refractivity contribution in [3.8, 4) is 11.4 Å². The fourth-order valence-electron chi connectivity index (χ4n) is 3.48. The van der Waals surface area contributed by atoms with E-state index in [0.29, 0.717) is 23.8 Å². The molecule has 0 aliphatic rings. The number of thiophene rings is 1. The first-order chi connectivity index (χ1) is 14.0. The second kappa shape index (κ2) is 6.45. The maximum Gasteiger partial charge on any atom is 0.312 e. The summed E-state index contributed by atoms with van der Waals surface area (Å²) in [7, 11) is 0. The molecule has 0 fully saturated rings. The number of hydrogen-bond acceptors (Lipinski definition) is 7. The highest BCUT2D eigenvalue weighted by Gasteiger charge is 2.21. The molecule has 0 amide bonds. The van der Waals surface area contributed by atoms with Crippen LogP contribution in [0.2, 0.25) is 0 Å². The molecule has 144 valence electrons. The summed E-state index contributed by atoms with van der Waals surface area (Å²) in [6.45, 7) is 3.79. The van der Waals surface area contributed by atoms with E-state index in [2.05, 4.69) is 15.2 Å². The van der Waals surface area contributed by atoms with E-state index in [1.807, 2.05) is 35.7 Å². The Labute approximate surface area is 168 Å². The van der Waals surface area contributed by atoms with Gasteiger partial charge in [0.2, 0.25) is 0 Å². The smallest absolute Gasteiger partial charge is 0.258 e. The Hall–Kier alpha value is -3.66. The minimum Gasteiger partial charge on any atom is -0.258 e. The predicted octanol–water partition coefficient (Wildman–Crippen LogP) is 3.78. The zero-order valence-corrected chi connectivity index (χ0v) is 16.4. The molecule has 4 aromatic heterocycles. The van der Waals surface area contributed by atoms with Crippen molar-refractivity contribution in [1.82, 2.24) is 29.4 Å². The van der Waals surface area contributed by atoms with Crippen molar-refractivity contribution in [3.63, 3.8) is 0 Å². The molecule has 0 saturated heterocycles. The first kappa shape index (κ1) is 17.4. The van der Waals surface area contributed by atoms with Gasteiger partial charge in [-0.15, -0.1) is 16.4 Å². The summed E-state index contributed by atoms with van der Waals surface area (Å²) >= 11 is 1.57. The van der Waals surface area contributed by atoms with E-state index < -0.39 is 0 Å². The summed E-state index contributed by atoms with van der Waals surface area (Å²) in [5, 5.41) is 23.1. The lowest BCUT2D eigenvalue weighted by Crippen LogP contribution is -2.04. The number of aryl methyl sites for hydroxylation is 1. The molecule has 0 N–H and O–H groups in total. The number of nitro groups is 1. The molecule has 0 radical (unpaired) electrons. The molecule has 10 heteroatoms. The fourth-order valence-corrected chi connectivity index (χ4v) is 4.20.